The molecule has 0 radical (unpaired) electrons. The van der Waals surface area contributed by atoms with E-state index in [-0.39, 0.29) is 15.9 Å². The molecule has 0 amide bonds. The molecule has 1 aromatic carbocycles. The molecule has 4 nitrogen and oxygen atoms in total. The van der Waals surface area contributed by atoms with Gasteiger partial charge in [0.2, 0.25) is 0 Å². The molecule has 16 heavy (non-hydrogen) atoms. The minimum absolute atomic E-state index is 0.00185. The maximum absolute atomic E-state index is 13.5. The molecule has 0 aliphatic heterocycles. The van der Waals surface area contributed by atoms with Gasteiger partial charge in [0.15, 0.2) is 12.1 Å². The van der Waals surface area contributed by atoms with E-state index in [4.69, 9.17) is 0 Å². The van der Waals surface area contributed by atoms with Gasteiger partial charge < -0.3 is 0 Å². The summed E-state index contributed by atoms with van der Waals surface area (Å²) in [6.45, 7) is 0. The average Bonchev–Trinajstić information content (AvgIpc) is 2.64. The number of aldehydes is 1. The second-order valence-corrected chi connectivity index (χ2v) is 3.78. The normalized spacial score (nSPS) is 10.4. The molecule has 2 rings (SSSR count). The molecule has 0 aliphatic rings. The molecule has 0 saturated heterocycles. The van der Waals surface area contributed by atoms with Crippen LogP contribution >= 0.6 is 15.9 Å². The molecular formula is C9H4BrF2N3O. The number of hydrogen-bond donors (Lipinski definition) is 0. The monoisotopic (exact) mass is 287 g/mol. The topological polar surface area (TPSA) is 47.8 Å². The van der Waals surface area contributed by atoms with Gasteiger partial charge in [0.25, 0.3) is 0 Å². The van der Waals surface area contributed by atoms with Gasteiger partial charge in [0, 0.05) is 10.5 Å². The number of carbonyl (C=O) groups excluding carboxylic acids is 1. The number of aromatic nitrogens is 3. The number of rotatable bonds is 2. The van der Waals surface area contributed by atoms with Crippen LogP contribution in [0.5, 0.6) is 0 Å². The summed E-state index contributed by atoms with van der Waals surface area (Å²) >= 11 is 3.01. The Morgan fingerprint density at radius 2 is 2.12 bits per heavy atom. The van der Waals surface area contributed by atoms with Crippen molar-refractivity contribution in [2.24, 2.45) is 0 Å². The molecule has 0 aliphatic carbocycles. The fourth-order valence-electron chi connectivity index (χ4n) is 1.19. The Kier molecular flexibility index (Phi) is 2.78. The van der Waals surface area contributed by atoms with Crippen LogP contribution < -0.4 is 0 Å². The number of nitrogens with zero attached hydrogens (tertiary/aromatic N) is 3. The van der Waals surface area contributed by atoms with Gasteiger partial charge in [-0.05, 0) is 22.0 Å². The fraction of sp³-hybridized carbons (Fsp3) is 0. The van der Waals surface area contributed by atoms with Crippen LogP contribution in [0.1, 0.15) is 10.5 Å². The van der Waals surface area contributed by atoms with E-state index >= 15 is 0 Å². The maximum Gasteiger partial charge on any atom is 0.171 e. The summed E-state index contributed by atoms with van der Waals surface area (Å²) in [5.74, 6) is -1.50. The molecule has 82 valence electrons. The van der Waals surface area contributed by atoms with E-state index in [1.54, 1.807) is 0 Å². The van der Waals surface area contributed by atoms with Crippen molar-refractivity contribution in [2.75, 3.05) is 0 Å². The molecule has 0 spiro atoms. The third kappa shape index (κ3) is 1.85. The van der Waals surface area contributed by atoms with Gasteiger partial charge in [0.05, 0.1) is 6.20 Å². The second-order valence-electron chi connectivity index (χ2n) is 2.92. The molecule has 1 heterocycles. The van der Waals surface area contributed by atoms with E-state index in [0.29, 0.717) is 6.29 Å². The lowest BCUT2D eigenvalue weighted by molar-refractivity contribution is 0.111. The van der Waals surface area contributed by atoms with Crippen molar-refractivity contribution in [3.05, 3.63) is 40.1 Å². The van der Waals surface area contributed by atoms with Gasteiger partial charge in [-0.25, -0.2) is 13.5 Å². The van der Waals surface area contributed by atoms with Crippen LogP contribution in [0.3, 0.4) is 0 Å². The van der Waals surface area contributed by atoms with E-state index in [1.807, 2.05) is 0 Å². The number of hydrogen-bond acceptors (Lipinski definition) is 3. The summed E-state index contributed by atoms with van der Waals surface area (Å²) in [7, 11) is 0. The number of benzene rings is 1. The Hall–Kier alpha value is -1.63. The zero-order valence-corrected chi connectivity index (χ0v) is 9.28. The zero-order chi connectivity index (χ0) is 11.7. The Morgan fingerprint density at radius 3 is 2.69 bits per heavy atom. The quantitative estimate of drug-likeness (QED) is 0.795. The molecule has 0 saturated carbocycles. The predicted octanol–water partition coefficient (Wildman–Crippen LogP) is 2.12. The van der Waals surface area contributed by atoms with E-state index in [2.05, 4.69) is 26.2 Å². The van der Waals surface area contributed by atoms with Crippen LogP contribution in [0.25, 0.3) is 5.69 Å². The van der Waals surface area contributed by atoms with Gasteiger partial charge >= 0.3 is 0 Å². The van der Waals surface area contributed by atoms with Crippen LogP contribution in [-0.4, -0.2) is 21.3 Å². The number of carbonyl (C=O) groups is 1. The summed E-state index contributed by atoms with van der Waals surface area (Å²) in [4.78, 5) is 10.4. The fourth-order valence-corrected chi connectivity index (χ4v) is 1.78. The van der Waals surface area contributed by atoms with Crippen molar-refractivity contribution in [1.29, 1.82) is 0 Å². The molecule has 1 aromatic heterocycles. The first-order chi connectivity index (χ1) is 7.61. The van der Waals surface area contributed by atoms with Gasteiger partial charge in [-0.3, -0.25) is 4.79 Å². The van der Waals surface area contributed by atoms with Crippen LogP contribution in [-0.2, 0) is 0 Å². The summed E-state index contributed by atoms with van der Waals surface area (Å²) in [6, 6.07) is 1.82. The summed E-state index contributed by atoms with van der Waals surface area (Å²) in [5, 5.41) is 7.03. The highest BCUT2D eigenvalue weighted by Gasteiger charge is 2.13. The molecule has 0 N–H and O–H groups in total. The highest BCUT2D eigenvalue weighted by molar-refractivity contribution is 9.10. The van der Waals surface area contributed by atoms with E-state index < -0.39 is 11.6 Å². The summed E-state index contributed by atoms with van der Waals surface area (Å²) < 4.78 is 27.5. The van der Waals surface area contributed by atoms with E-state index in [9.17, 15) is 13.6 Å². The molecule has 0 atom stereocenters. The van der Waals surface area contributed by atoms with Crippen molar-refractivity contribution in [3.8, 4) is 5.69 Å². The van der Waals surface area contributed by atoms with Crippen molar-refractivity contribution in [3.63, 3.8) is 0 Å². The number of halogens is 3. The minimum Gasteiger partial charge on any atom is -0.296 e. The molecule has 7 heteroatoms. The Labute approximate surface area is 97.0 Å². The lowest BCUT2D eigenvalue weighted by atomic mass is 10.3. The van der Waals surface area contributed by atoms with Gasteiger partial charge in [-0.15, -0.1) is 5.10 Å². The van der Waals surface area contributed by atoms with E-state index in [1.165, 1.54) is 6.20 Å². The molecular weight excluding hydrogens is 284 g/mol. The minimum atomic E-state index is -0.797. The van der Waals surface area contributed by atoms with Crippen LogP contribution in [0.4, 0.5) is 8.78 Å². The third-order valence-electron chi connectivity index (χ3n) is 1.84. The first-order valence-corrected chi connectivity index (χ1v) is 4.93. The molecule has 0 bridgehead atoms. The lowest BCUT2D eigenvalue weighted by Crippen LogP contribution is -2.00. The molecule has 0 unspecified atom stereocenters. The Morgan fingerprint density at radius 1 is 1.38 bits per heavy atom. The summed E-state index contributed by atoms with van der Waals surface area (Å²) in [5.41, 5.74) is 0.0672. The van der Waals surface area contributed by atoms with Crippen LogP contribution in [0.15, 0.2) is 22.8 Å². The van der Waals surface area contributed by atoms with Gasteiger partial charge in [-0.2, -0.15) is 0 Å². The SMILES string of the molecule is O=Cc1cn(-c2c(F)cc(F)cc2Br)nn1. The van der Waals surface area contributed by atoms with Crippen molar-refractivity contribution in [2.45, 2.75) is 0 Å². The second kappa shape index (κ2) is 4.09. The largest absolute Gasteiger partial charge is 0.296 e. The van der Waals surface area contributed by atoms with Crippen molar-refractivity contribution >= 4 is 22.2 Å². The maximum atomic E-state index is 13.5. The first-order valence-electron chi connectivity index (χ1n) is 4.14. The zero-order valence-electron chi connectivity index (χ0n) is 7.69. The van der Waals surface area contributed by atoms with Crippen molar-refractivity contribution in [1.82, 2.24) is 15.0 Å². The average molecular weight is 288 g/mol. The van der Waals surface area contributed by atoms with E-state index in [0.717, 1.165) is 16.8 Å². The highest BCUT2D eigenvalue weighted by Crippen LogP contribution is 2.24. The smallest absolute Gasteiger partial charge is 0.171 e. The Balaban J connectivity index is 2.59. The Bertz CT molecular complexity index is 532. The predicted molar refractivity (Wildman–Crippen MR) is 54.4 cm³/mol. The lowest BCUT2D eigenvalue weighted by Gasteiger charge is -2.04. The van der Waals surface area contributed by atoms with Crippen molar-refractivity contribution < 1.29 is 13.6 Å². The first kappa shape index (κ1) is 10.9. The highest BCUT2D eigenvalue weighted by atomic mass is 79.9. The summed E-state index contributed by atoms with van der Waals surface area (Å²) in [6.07, 6.45) is 1.73. The molecule has 2 aromatic rings. The van der Waals surface area contributed by atoms with Gasteiger partial charge in [0.1, 0.15) is 17.2 Å². The van der Waals surface area contributed by atoms with Crippen LogP contribution in [0.2, 0.25) is 0 Å². The standard InChI is InChI=1S/C9H4BrF2N3O/c10-7-1-5(11)2-8(12)9(7)15-3-6(4-16)13-14-15/h1-4H. The van der Waals surface area contributed by atoms with Gasteiger partial charge in [-0.1, -0.05) is 5.21 Å². The van der Waals surface area contributed by atoms with Crippen LogP contribution in [0, 0.1) is 11.6 Å². The molecule has 0 fully saturated rings. The third-order valence-corrected chi connectivity index (χ3v) is 2.45.